The van der Waals surface area contributed by atoms with Gasteiger partial charge in [-0.15, -0.1) is 0 Å². The van der Waals surface area contributed by atoms with Gasteiger partial charge >= 0.3 is 0 Å². The largest absolute Gasteiger partial charge is 0.356 e. The van der Waals surface area contributed by atoms with E-state index >= 15 is 0 Å². The quantitative estimate of drug-likeness (QED) is 0.656. The molecule has 0 radical (unpaired) electrons. The minimum absolute atomic E-state index is 0.0729. The molecule has 0 saturated heterocycles. The Bertz CT molecular complexity index is 584. The number of ketones is 1. The number of aromatic nitrogens is 1. The summed E-state index contributed by atoms with van der Waals surface area (Å²) in [4.78, 5) is 15.6. The van der Waals surface area contributed by atoms with E-state index in [4.69, 9.17) is 0 Å². The van der Waals surface area contributed by atoms with Crippen molar-refractivity contribution in [2.24, 2.45) is 0 Å². The lowest BCUT2D eigenvalue weighted by Gasteiger charge is -2.03. The van der Waals surface area contributed by atoms with Crippen molar-refractivity contribution in [1.29, 1.82) is 0 Å². The van der Waals surface area contributed by atoms with E-state index in [1.807, 2.05) is 45.0 Å². The summed E-state index contributed by atoms with van der Waals surface area (Å²) in [6.07, 6.45) is 0. The number of carbonyl (C=O) groups excluding carboxylic acids is 1. The summed E-state index contributed by atoms with van der Waals surface area (Å²) >= 11 is 2.19. The van der Waals surface area contributed by atoms with Crippen LogP contribution in [0.4, 0.5) is 0 Å². The molecule has 1 aromatic heterocycles. The molecule has 88 valence electrons. The lowest BCUT2D eigenvalue weighted by molar-refractivity contribution is 0.103. The number of aromatic amines is 1. The molecule has 1 N–H and O–H groups in total. The number of halogens is 1. The third-order valence-corrected chi connectivity index (χ3v) is 4.10. The van der Waals surface area contributed by atoms with Crippen molar-refractivity contribution in [2.75, 3.05) is 0 Å². The number of rotatable bonds is 2. The summed E-state index contributed by atoms with van der Waals surface area (Å²) in [5, 5.41) is 0. The van der Waals surface area contributed by atoms with Crippen LogP contribution < -0.4 is 0 Å². The molecule has 0 saturated carbocycles. The number of carbonyl (C=O) groups is 1. The Kier molecular flexibility index (Phi) is 3.38. The van der Waals surface area contributed by atoms with Crippen LogP contribution in [0.15, 0.2) is 24.3 Å². The van der Waals surface area contributed by atoms with E-state index in [1.54, 1.807) is 0 Å². The topological polar surface area (TPSA) is 32.9 Å². The van der Waals surface area contributed by atoms with Crippen molar-refractivity contribution < 1.29 is 4.79 Å². The van der Waals surface area contributed by atoms with Gasteiger partial charge in [0.15, 0.2) is 0 Å². The number of hydrogen-bond donors (Lipinski definition) is 1. The van der Waals surface area contributed by atoms with Gasteiger partial charge in [0.25, 0.3) is 0 Å². The van der Waals surface area contributed by atoms with E-state index in [0.29, 0.717) is 5.69 Å². The molecule has 0 atom stereocenters. The predicted octanol–water partition coefficient (Wildman–Crippen LogP) is 3.78. The van der Waals surface area contributed by atoms with Crippen LogP contribution in [0, 0.1) is 24.3 Å². The van der Waals surface area contributed by atoms with Gasteiger partial charge in [-0.2, -0.15) is 0 Å². The van der Waals surface area contributed by atoms with Gasteiger partial charge in [0.1, 0.15) is 0 Å². The van der Waals surface area contributed by atoms with Crippen LogP contribution in [-0.4, -0.2) is 10.8 Å². The van der Waals surface area contributed by atoms with E-state index in [0.717, 1.165) is 20.4 Å². The minimum Gasteiger partial charge on any atom is -0.356 e. The molecule has 2 rings (SSSR count). The Labute approximate surface area is 115 Å². The van der Waals surface area contributed by atoms with Gasteiger partial charge in [-0.1, -0.05) is 12.1 Å². The molecule has 0 amide bonds. The number of nitrogens with one attached hydrogen (secondary N) is 1. The van der Waals surface area contributed by atoms with E-state index in [-0.39, 0.29) is 5.78 Å². The number of H-pyrrole nitrogens is 1. The van der Waals surface area contributed by atoms with Crippen LogP contribution in [0.3, 0.4) is 0 Å². The Hall–Kier alpha value is -1.10. The molecule has 0 fully saturated rings. The zero-order chi connectivity index (χ0) is 12.6. The van der Waals surface area contributed by atoms with Crippen LogP contribution in [0.1, 0.15) is 32.9 Å². The second-order valence-electron chi connectivity index (χ2n) is 4.18. The van der Waals surface area contributed by atoms with Gasteiger partial charge in [0.05, 0.1) is 5.69 Å². The van der Waals surface area contributed by atoms with Gasteiger partial charge in [-0.25, -0.2) is 0 Å². The fourth-order valence-electron chi connectivity index (χ4n) is 1.85. The molecule has 3 heteroatoms. The average molecular weight is 339 g/mol. The minimum atomic E-state index is 0.0729. The fraction of sp³-hybridized carbons (Fsp3) is 0.214. The lowest BCUT2D eigenvalue weighted by atomic mass is 10.0. The third kappa shape index (κ3) is 2.16. The Morgan fingerprint density at radius 2 is 1.76 bits per heavy atom. The summed E-state index contributed by atoms with van der Waals surface area (Å²) in [5.74, 6) is 0.0729. The standard InChI is InChI=1S/C14H14INO/c1-8-9(2)13(16-10(8)3)14(17)11-6-4-5-7-12(11)15/h4-7,16H,1-3H3. The maximum Gasteiger partial charge on any atom is 0.210 e. The van der Waals surface area contributed by atoms with Gasteiger partial charge in [0, 0.05) is 14.8 Å². The first kappa shape index (κ1) is 12.4. The SMILES string of the molecule is Cc1[nH]c(C(=O)c2ccccc2I)c(C)c1C. The molecular weight excluding hydrogens is 325 g/mol. The second kappa shape index (κ2) is 4.64. The molecule has 2 aromatic rings. The molecule has 0 unspecified atom stereocenters. The molecule has 17 heavy (non-hydrogen) atoms. The smallest absolute Gasteiger partial charge is 0.210 e. The molecule has 0 bridgehead atoms. The zero-order valence-corrected chi connectivity index (χ0v) is 12.3. The van der Waals surface area contributed by atoms with Crippen molar-refractivity contribution in [3.05, 3.63) is 55.9 Å². The van der Waals surface area contributed by atoms with Crippen molar-refractivity contribution in [2.45, 2.75) is 20.8 Å². The number of benzene rings is 1. The van der Waals surface area contributed by atoms with E-state index in [9.17, 15) is 4.79 Å². The first-order chi connectivity index (χ1) is 8.02. The summed E-state index contributed by atoms with van der Waals surface area (Å²) in [6, 6.07) is 7.66. The number of hydrogen-bond acceptors (Lipinski definition) is 1. The first-order valence-electron chi connectivity index (χ1n) is 5.47. The molecular formula is C14H14INO. The molecule has 2 nitrogen and oxygen atoms in total. The van der Waals surface area contributed by atoms with E-state index < -0.39 is 0 Å². The Morgan fingerprint density at radius 3 is 2.29 bits per heavy atom. The van der Waals surface area contributed by atoms with Gasteiger partial charge in [-0.05, 0) is 66.6 Å². The molecule has 0 aliphatic rings. The summed E-state index contributed by atoms with van der Waals surface area (Å²) in [6.45, 7) is 6.02. The number of aryl methyl sites for hydroxylation is 1. The van der Waals surface area contributed by atoms with E-state index in [1.165, 1.54) is 5.56 Å². The van der Waals surface area contributed by atoms with Crippen molar-refractivity contribution in [1.82, 2.24) is 4.98 Å². The fourth-order valence-corrected chi connectivity index (χ4v) is 2.48. The monoisotopic (exact) mass is 339 g/mol. The molecule has 0 aliphatic heterocycles. The third-order valence-electron chi connectivity index (χ3n) is 3.16. The average Bonchev–Trinajstić information content (AvgIpc) is 2.57. The van der Waals surface area contributed by atoms with Gasteiger partial charge in [0.2, 0.25) is 5.78 Å². The summed E-state index contributed by atoms with van der Waals surface area (Å²) < 4.78 is 0.986. The van der Waals surface area contributed by atoms with Crippen LogP contribution >= 0.6 is 22.6 Å². The molecule has 0 aliphatic carbocycles. The molecule has 1 aromatic carbocycles. The summed E-state index contributed by atoms with van der Waals surface area (Å²) in [5.41, 5.74) is 4.75. The zero-order valence-electron chi connectivity index (χ0n) is 10.1. The second-order valence-corrected chi connectivity index (χ2v) is 5.35. The van der Waals surface area contributed by atoms with Crippen molar-refractivity contribution in [3.63, 3.8) is 0 Å². The highest BCUT2D eigenvalue weighted by molar-refractivity contribution is 14.1. The van der Waals surface area contributed by atoms with Gasteiger partial charge < -0.3 is 4.98 Å². The normalized spacial score (nSPS) is 10.6. The predicted molar refractivity (Wildman–Crippen MR) is 77.6 cm³/mol. The van der Waals surface area contributed by atoms with Crippen molar-refractivity contribution in [3.8, 4) is 0 Å². The summed E-state index contributed by atoms with van der Waals surface area (Å²) in [7, 11) is 0. The molecule has 1 heterocycles. The Balaban J connectivity index is 2.52. The van der Waals surface area contributed by atoms with Crippen LogP contribution in [0.2, 0.25) is 0 Å². The van der Waals surface area contributed by atoms with Gasteiger partial charge in [-0.3, -0.25) is 4.79 Å². The van der Waals surface area contributed by atoms with Crippen LogP contribution in [0.25, 0.3) is 0 Å². The van der Waals surface area contributed by atoms with Crippen LogP contribution in [0.5, 0.6) is 0 Å². The molecule has 0 spiro atoms. The highest BCUT2D eigenvalue weighted by Gasteiger charge is 2.18. The highest BCUT2D eigenvalue weighted by atomic mass is 127. The van der Waals surface area contributed by atoms with Crippen molar-refractivity contribution >= 4 is 28.4 Å². The maximum absolute atomic E-state index is 12.4. The highest BCUT2D eigenvalue weighted by Crippen LogP contribution is 2.21. The van der Waals surface area contributed by atoms with E-state index in [2.05, 4.69) is 27.6 Å². The first-order valence-corrected chi connectivity index (χ1v) is 6.55. The Morgan fingerprint density at radius 1 is 1.12 bits per heavy atom. The maximum atomic E-state index is 12.4. The lowest BCUT2D eigenvalue weighted by Crippen LogP contribution is -2.05. The van der Waals surface area contributed by atoms with Crippen LogP contribution in [-0.2, 0) is 0 Å².